The molecule has 0 unspecified atom stereocenters. The first-order valence-electron chi connectivity index (χ1n) is 5.81. The van der Waals surface area contributed by atoms with Gasteiger partial charge in [-0.2, -0.15) is 0 Å². The molecule has 0 aliphatic heterocycles. The fourth-order valence-electron chi connectivity index (χ4n) is 1.73. The number of nitrogens with zero attached hydrogens (tertiary/aromatic N) is 1. The summed E-state index contributed by atoms with van der Waals surface area (Å²) in [7, 11) is 0. The van der Waals surface area contributed by atoms with Crippen molar-refractivity contribution in [3.05, 3.63) is 47.2 Å². The highest BCUT2D eigenvalue weighted by Crippen LogP contribution is 2.26. The maximum absolute atomic E-state index is 6.04. The normalized spacial score (nSPS) is 10.4. The fourth-order valence-corrected chi connectivity index (χ4v) is 1.93. The summed E-state index contributed by atoms with van der Waals surface area (Å²) >= 11 is 6.04. The van der Waals surface area contributed by atoms with E-state index in [-0.39, 0.29) is 0 Å². The lowest BCUT2D eigenvalue weighted by atomic mass is 10.0. The van der Waals surface area contributed by atoms with Crippen LogP contribution in [0.25, 0.3) is 11.1 Å². The topological polar surface area (TPSA) is 48.1 Å². The first-order valence-corrected chi connectivity index (χ1v) is 6.19. The van der Waals surface area contributed by atoms with Gasteiger partial charge < -0.3 is 10.5 Å². The van der Waals surface area contributed by atoms with Crippen LogP contribution >= 0.6 is 11.6 Å². The van der Waals surface area contributed by atoms with Gasteiger partial charge in [0, 0.05) is 23.3 Å². The van der Waals surface area contributed by atoms with Gasteiger partial charge in [0.15, 0.2) is 0 Å². The Morgan fingerprint density at radius 3 is 2.78 bits per heavy atom. The lowest BCUT2D eigenvalue weighted by Crippen LogP contribution is -1.97. The maximum Gasteiger partial charge on any atom is 0.138 e. The summed E-state index contributed by atoms with van der Waals surface area (Å²) < 4.78 is 5.44. The van der Waals surface area contributed by atoms with Crippen LogP contribution in [-0.2, 0) is 6.54 Å². The Bertz CT molecular complexity index is 543. The predicted octanol–water partition coefficient (Wildman–Crippen LogP) is 3.26. The summed E-state index contributed by atoms with van der Waals surface area (Å²) in [6, 6.07) is 7.75. The average Bonchev–Trinajstić information content (AvgIpc) is 2.40. The predicted molar refractivity (Wildman–Crippen MR) is 73.7 cm³/mol. The minimum atomic E-state index is 0.422. The van der Waals surface area contributed by atoms with Crippen LogP contribution in [0.15, 0.2) is 36.7 Å². The van der Waals surface area contributed by atoms with Crippen LogP contribution in [0.4, 0.5) is 0 Å². The zero-order valence-corrected chi connectivity index (χ0v) is 10.9. The van der Waals surface area contributed by atoms with E-state index in [0.717, 1.165) is 22.4 Å². The van der Waals surface area contributed by atoms with Crippen molar-refractivity contribution in [1.82, 2.24) is 4.98 Å². The van der Waals surface area contributed by atoms with E-state index in [1.165, 1.54) is 0 Å². The monoisotopic (exact) mass is 262 g/mol. The number of benzene rings is 1. The third kappa shape index (κ3) is 2.81. The van der Waals surface area contributed by atoms with E-state index in [0.29, 0.717) is 18.2 Å². The quantitative estimate of drug-likeness (QED) is 0.920. The molecule has 0 saturated heterocycles. The van der Waals surface area contributed by atoms with Crippen molar-refractivity contribution in [2.24, 2.45) is 5.73 Å². The molecule has 1 aromatic heterocycles. The highest BCUT2D eigenvalue weighted by Gasteiger charge is 2.04. The molecule has 0 aliphatic carbocycles. The molecule has 2 N–H and O–H groups in total. The largest absolute Gasteiger partial charge is 0.492 e. The molecule has 3 nitrogen and oxygen atoms in total. The van der Waals surface area contributed by atoms with E-state index >= 15 is 0 Å². The number of halogens is 1. The zero-order valence-electron chi connectivity index (χ0n) is 10.2. The lowest BCUT2D eigenvalue weighted by molar-refractivity contribution is 0.339. The molecule has 0 fully saturated rings. The number of aromatic nitrogens is 1. The minimum Gasteiger partial charge on any atom is -0.492 e. The second-order valence-corrected chi connectivity index (χ2v) is 4.26. The van der Waals surface area contributed by atoms with E-state index < -0.39 is 0 Å². The summed E-state index contributed by atoms with van der Waals surface area (Å²) in [5, 5.41) is 0.690. The van der Waals surface area contributed by atoms with Gasteiger partial charge in [-0.05, 0) is 36.2 Å². The third-order valence-electron chi connectivity index (χ3n) is 2.62. The number of ether oxygens (including phenoxy) is 1. The molecule has 2 rings (SSSR count). The molecular weight excluding hydrogens is 248 g/mol. The molecule has 0 atom stereocenters. The van der Waals surface area contributed by atoms with Crippen LogP contribution in [0.3, 0.4) is 0 Å². The van der Waals surface area contributed by atoms with Gasteiger partial charge in [0.25, 0.3) is 0 Å². The van der Waals surface area contributed by atoms with E-state index in [4.69, 9.17) is 22.1 Å². The van der Waals surface area contributed by atoms with E-state index in [9.17, 15) is 0 Å². The van der Waals surface area contributed by atoms with Crippen molar-refractivity contribution in [3.8, 4) is 16.9 Å². The summed E-state index contributed by atoms with van der Waals surface area (Å²) in [6.07, 6.45) is 3.50. The van der Waals surface area contributed by atoms with Crippen molar-refractivity contribution < 1.29 is 4.74 Å². The van der Waals surface area contributed by atoms with Gasteiger partial charge in [0.05, 0.1) is 12.8 Å². The summed E-state index contributed by atoms with van der Waals surface area (Å²) in [4.78, 5) is 4.17. The van der Waals surface area contributed by atoms with Crippen molar-refractivity contribution in [2.45, 2.75) is 13.5 Å². The Morgan fingerprint density at radius 2 is 2.06 bits per heavy atom. The Kier molecular flexibility index (Phi) is 4.18. The van der Waals surface area contributed by atoms with Crippen molar-refractivity contribution in [1.29, 1.82) is 0 Å². The molecule has 1 aromatic carbocycles. The van der Waals surface area contributed by atoms with Gasteiger partial charge in [-0.25, -0.2) is 0 Å². The number of rotatable bonds is 4. The highest BCUT2D eigenvalue weighted by molar-refractivity contribution is 6.31. The molecule has 0 spiro atoms. The van der Waals surface area contributed by atoms with Gasteiger partial charge in [-0.3, -0.25) is 4.98 Å². The van der Waals surface area contributed by atoms with Crippen molar-refractivity contribution >= 4 is 11.6 Å². The van der Waals surface area contributed by atoms with E-state index in [2.05, 4.69) is 4.98 Å². The Balaban J connectivity index is 2.38. The molecule has 94 valence electrons. The van der Waals surface area contributed by atoms with Crippen LogP contribution in [0, 0.1) is 0 Å². The summed E-state index contributed by atoms with van der Waals surface area (Å²) in [5.41, 5.74) is 8.61. The van der Waals surface area contributed by atoms with Crippen LogP contribution < -0.4 is 10.5 Å². The van der Waals surface area contributed by atoms with Gasteiger partial charge in [0.1, 0.15) is 5.75 Å². The Morgan fingerprint density at radius 1 is 1.22 bits per heavy atom. The standard InChI is InChI=1S/C14H15ClN2O/c1-2-18-13-6-12(8-17-9-13)10-3-4-14(15)11(5-10)7-16/h3-6,8-9H,2,7,16H2,1H3. The van der Waals surface area contributed by atoms with E-state index in [1.807, 2.05) is 31.2 Å². The Hall–Kier alpha value is -1.58. The molecule has 2 aromatic rings. The third-order valence-corrected chi connectivity index (χ3v) is 2.99. The molecule has 18 heavy (non-hydrogen) atoms. The van der Waals surface area contributed by atoms with Crippen LogP contribution in [0.1, 0.15) is 12.5 Å². The Labute approximate surface area is 112 Å². The highest BCUT2D eigenvalue weighted by atomic mass is 35.5. The van der Waals surface area contributed by atoms with Crippen LogP contribution in [0.2, 0.25) is 5.02 Å². The molecule has 0 aliphatic rings. The molecule has 4 heteroatoms. The fraction of sp³-hybridized carbons (Fsp3) is 0.214. The number of pyridine rings is 1. The van der Waals surface area contributed by atoms with E-state index in [1.54, 1.807) is 12.4 Å². The van der Waals surface area contributed by atoms with Crippen LogP contribution in [-0.4, -0.2) is 11.6 Å². The number of hydrogen-bond donors (Lipinski definition) is 1. The zero-order chi connectivity index (χ0) is 13.0. The molecule has 0 bridgehead atoms. The van der Waals surface area contributed by atoms with Crippen molar-refractivity contribution in [2.75, 3.05) is 6.61 Å². The second kappa shape index (κ2) is 5.85. The number of hydrogen-bond acceptors (Lipinski definition) is 3. The molecule has 0 radical (unpaired) electrons. The molecule has 0 amide bonds. The summed E-state index contributed by atoms with van der Waals surface area (Å²) in [6.45, 7) is 2.99. The van der Waals surface area contributed by atoms with Crippen molar-refractivity contribution in [3.63, 3.8) is 0 Å². The lowest BCUT2D eigenvalue weighted by Gasteiger charge is -2.08. The average molecular weight is 263 g/mol. The SMILES string of the molecule is CCOc1cncc(-c2ccc(Cl)c(CN)c2)c1. The first kappa shape index (κ1) is 12.9. The molecular formula is C14H15ClN2O. The van der Waals surface area contributed by atoms with Gasteiger partial charge in [0.2, 0.25) is 0 Å². The van der Waals surface area contributed by atoms with Crippen LogP contribution in [0.5, 0.6) is 5.75 Å². The molecule has 1 heterocycles. The summed E-state index contributed by atoms with van der Waals surface area (Å²) in [5.74, 6) is 0.763. The van der Waals surface area contributed by atoms with Gasteiger partial charge in [-0.15, -0.1) is 0 Å². The van der Waals surface area contributed by atoms with Gasteiger partial charge >= 0.3 is 0 Å². The first-order chi connectivity index (χ1) is 8.74. The minimum absolute atomic E-state index is 0.422. The van der Waals surface area contributed by atoms with Gasteiger partial charge in [-0.1, -0.05) is 17.7 Å². The second-order valence-electron chi connectivity index (χ2n) is 3.85. The smallest absolute Gasteiger partial charge is 0.138 e. The molecule has 0 saturated carbocycles. The number of nitrogens with two attached hydrogens (primary N) is 1. The maximum atomic E-state index is 6.04.